The van der Waals surface area contributed by atoms with Gasteiger partial charge in [-0.25, -0.2) is 0 Å². The number of carbonyl (C=O) groups is 1. The second-order valence-corrected chi connectivity index (χ2v) is 5.04. The summed E-state index contributed by atoms with van der Waals surface area (Å²) in [5, 5.41) is 0. The van der Waals surface area contributed by atoms with Gasteiger partial charge in [0.2, 0.25) is 5.91 Å². The predicted octanol–water partition coefficient (Wildman–Crippen LogP) is 2.63. The SMILES string of the molecule is CC(C)N(C(=O)Cc1ccc(N)cc1)C1CC1.Cl. The molecule has 1 aromatic carbocycles. The lowest BCUT2D eigenvalue weighted by molar-refractivity contribution is -0.132. The van der Waals surface area contributed by atoms with Gasteiger partial charge in [0.05, 0.1) is 6.42 Å². The summed E-state index contributed by atoms with van der Waals surface area (Å²) in [7, 11) is 0. The maximum Gasteiger partial charge on any atom is 0.227 e. The smallest absolute Gasteiger partial charge is 0.227 e. The van der Waals surface area contributed by atoms with E-state index in [4.69, 9.17) is 5.73 Å². The van der Waals surface area contributed by atoms with Crippen molar-refractivity contribution in [2.24, 2.45) is 0 Å². The molecule has 1 aliphatic rings. The van der Waals surface area contributed by atoms with Crippen LogP contribution < -0.4 is 5.73 Å². The molecule has 0 atom stereocenters. The Bertz CT molecular complexity index is 397. The molecule has 1 amide bonds. The number of nitrogens with zero attached hydrogens (tertiary/aromatic N) is 1. The Hall–Kier alpha value is -1.22. The zero-order chi connectivity index (χ0) is 12.4. The molecule has 0 bridgehead atoms. The topological polar surface area (TPSA) is 46.3 Å². The fourth-order valence-corrected chi connectivity index (χ4v) is 2.17. The first-order valence-corrected chi connectivity index (χ1v) is 6.23. The van der Waals surface area contributed by atoms with Gasteiger partial charge in [-0.1, -0.05) is 12.1 Å². The summed E-state index contributed by atoms with van der Waals surface area (Å²) in [6, 6.07) is 8.33. The van der Waals surface area contributed by atoms with Crippen LogP contribution in [0.4, 0.5) is 5.69 Å². The third-order valence-corrected chi connectivity index (χ3v) is 3.12. The van der Waals surface area contributed by atoms with Gasteiger partial charge in [0.1, 0.15) is 0 Å². The molecule has 1 aromatic rings. The van der Waals surface area contributed by atoms with Gasteiger partial charge in [-0.05, 0) is 44.4 Å². The number of nitrogen functional groups attached to an aromatic ring is 1. The van der Waals surface area contributed by atoms with E-state index in [1.807, 2.05) is 29.2 Å². The number of hydrogen-bond acceptors (Lipinski definition) is 2. The minimum absolute atomic E-state index is 0. The maximum atomic E-state index is 12.2. The lowest BCUT2D eigenvalue weighted by atomic mass is 10.1. The second-order valence-electron chi connectivity index (χ2n) is 5.04. The summed E-state index contributed by atoms with van der Waals surface area (Å²) in [6.45, 7) is 4.17. The molecular formula is C14H21ClN2O. The average molecular weight is 269 g/mol. The number of hydrogen-bond donors (Lipinski definition) is 1. The number of benzene rings is 1. The Morgan fingerprint density at radius 1 is 1.33 bits per heavy atom. The van der Waals surface area contributed by atoms with Gasteiger partial charge in [-0.2, -0.15) is 0 Å². The molecular weight excluding hydrogens is 248 g/mol. The number of halogens is 1. The van der Waals surface area contributed by atoms with Crippen molar-refractivity contribution in [3.05, 3.63) is 29.8 Å². The molecule has 2 rings (SSSR count). The highest BCUT2D eigenvalue weighted by molar-refractivity contribution is 5.85. The summed E-state index contributed by atoms with van der Waals surface area (Å²) in [4.78, 5) is 14.2. The molecule has 0 unspecified atom stereocenters. The molecule has 4 heteroatoms. The van der Waals surface area contributed by atoms with Crippen LogP contribution in [-0.2, 0) is 11.2 Å². The van der Waals surface area contributed by atoms with E-state index in [0.717, 1.165) is 24.1 Å². The standard InChI is InChI=1S/C14H20N2O.ClH/c1-10(2)16(13-7-8-13)14(17)9-11-3-5-12(15)6-4-11;/h3-6,10,13H,7-9,15H2,1-2H3;1H. The molecule has 0 radical (unpaired) electrons. The van der Waals surface area contributed by atoms with Crippen molar-refractivity contribution in [2.45, 2.75) is 45.2 Å². The number of anilines is 1. The second kappa shape index (κ2) is 6.10. The highest BCUT2D eigenvalue weighted by Crippen LogP contribution is 2.29. The molecule has 0 saturated heterocycles. The van der Waals surface area contributed by atoms with Crippen molar-refractivity contribution in [1.29, 1.82) is 0 Å². The summed E-state index contributed by atoms with van der Waals surface area (Å²) >= 11 is 0. The number of carbonyl (C=O) groups excluding carboxylic acids is 1. The summed E-state index contributed by atoms with van der Waals surface area (Å²) in [6.07, 6.45) is 2.80. The van der Waals surface area contributed by atoms with Crippen LogP contribution in [0.1, 0.15) is 32.3 Å². The van der Waals surface area contributed by atoms with Crippen LogP contribution >= 0.6 is 12.4 Å². The van der Waals surface area contributed by atoms with E-state index in [1.54, 1.807) is 0 Å². The fourth-order valence-electron chi connectivity index (χ4n) is 2.17. The largest absolute Gasteiger partial charge is 0.399 e. The van der Waals surface area contributed by atoms with E-state index in [9.17, 15) is 4.79 Å². The monoisotopic (exact) mass is 268 g/mol. The van der Waals surface area contributed by atoms with Crippen LogP contribution in [0.5, 0.6) is 0 Å². The molecule has 3 nitrogen and oxygen atoms in total. The van der Waals surface area contributed by atoms with Gasteiger partial charge in [-0.15, -0.1) is 12.4 Å². The lowest BCUT2D eigenvalue weighted by Crippen LogP contribution is -2.39. The van der Waals surface area contributed by atoms with Gasteiger partial charge in [-0.3, -0.25) is 4.79 Å². The highest BCUT2D eigenvalue weighted by atomic mass is 35.5. The van der Waals surface area contributed by atoms with E-state index in [0.29, 0.717) is 18.5 Å². The van der Waals surface area contributed by atoms with Gasteiger partial charge in [0.25, 0.3) is 0 Å². The minimum Gasteiger partial charge on any atom is -0.399 e. The van der Waals surface area contributed by atoms with E-state index < -0.39 is 0 Å². The maximum absolute atomic E-state index is 12.2. The van der Waals surface area contributed by atoms with Crippen molar-refractivity contribution in [2.75, 3.05) is 5.73 Å². The van der Waals surface area contributed by atoms with Crippen molar-refractivity contribution in [1.82, 2.24) is 4.90 Å². The van der Waals surface area contributed by atoms with Gasteiger partial charge in [0.15, 0.2) is 0 Å². The van der Waals surface area contributed by atoms with Crippen molar-refractivity contribution in [3.8, 4) is 0 Å². The minimum atomic E-state index is 0. The van der Waals surface area contributed by atoms with E-state index >= 15 is 0 Å². The van der Waals surface area contributed by atoms with Gasteiger partial charge < -0.3 is 10.6 Å². The molecule has 0 heterocycles. The Labute approximate surface area is 115 Å². The van der Waals surface area contributed by atoms with Crippen molar-refractivity contribution < 1.29 is 4.79 Å². The van der Waals surface area contributed by atoms with Crippen molar-refractivity contribution in [3.63, 3.8) is 0 Å². The summed E-state index contributed by atoms with van der Waals surface area (Å²) in [5.74, 6) is 0.229. The molecule has 2 N–H and O–H groups in total. The molecule has 100 valence electrons. The molecule has 1 saturated carbocycles. The van der Waals surface area contributed by atoms with Crippen LogP contribution in [0.25, 0.3) is 0 Å². The molecule has 18 heavy (non-hydrogen) atoms. The quantitative estimate of drug-likeness (QED) is 0.854. The Balaban J connectivity index is 0.00000162. The van der Waals surface area contributed by atoms with Crippen LogP contribution in [0.2, 0.25) is 0 Å². The number of nitrogens with two attached hydrogens (primary N) is 1. The molecule has 0 aromatic heterocycles. The zero-order valence-corrected chi connectivity index (χ0v) is 11.7. The Morgan fingerprint density at radius 2 is 1.89 bits per heavy atom. The van der Waals surface area contributed by atoms with Crippen LogP contribution in [0.3, 0.4) is 0 Å². The zero-order valence-electron chi connectivity index (χ0n) is 10.9. The van der Waals surface area contributed by atoms with Gasteiger partial charge in [0, 0.05) is 17.8 Å². The first-order chi connectivity index (χ1) is 8.08. The van der Waals surface area contributed by atoms with E-state index in [2.05, 4.69) is 13.8 Å². The first-order valence-electron chi connectivity index (χ1n) is 6.23. The average Bonchev–Trinajstić information content (AvgIpc) is 3.05. The third kappa shape index (κ3) is 3.64. The van der Waals surface area contributed by atoms with Gasteiger partial charge >= 0.3 is 0 Å². The highest BCUT2D eigenvalue weighted by Gasteiger charge is 2.33. The van der Waals surface area contributed by atoms with E-state index in [1.165, 1.54) is 0 Å². The summed E-state index contributed by atoms with van der Waals surface area (Å²) < 4.78 is 0. The first kappa shape index (κ1) is 14.8. The molecule has 1 fully saturated rings. The van der Waals surface area contributed by atoms with Crippen LogP contribution in [-0.4, -0.2) is 22.9 Å². The number of rotatable bonds is 4. The van der Waals surface area contributed by atoms with E-state index in [-0.39, 0.29) is 18.3 Å². The molecule has 0 spiro atoms. The number of amides is 1. The fraction of sp³-hybridized carbons (Fsp3) is 0.500. The molecule has 1 aliphatic carbocycles. The normalized spacial score (nSPS) is 14.2. The lowest BCUT2D eigenvalue weighted by Gasteiger charge is -2.26. The summed E-state index contributed by atoms with van der Waals surface area (Å²) in [5.41, 5.74) is 7.41. The Kier molecular flexibility index (Phi) is 5.03. The van der Waals surface area contributed by atoms with Crippen LogP contribution in [0, 0.1) is 0 Å². The molecule has 0 aliphatic heterocycles. The van der Waals surface area contributed by atoms with Crippen LogP contribution in [0.15, 0.2) is 24.3 Å². The predicted molar refractivity (Wildman–Crippen MR) is 76.8 cm³/mol. The Morgan fingerprint density at radius 3 is 2.33 bits per heavy atom. The third-order valence-electron chi connectivity index (χ3n) is 3.12. The van der Waals surface area contributed by atoms with Crippen molar-refractivity contribution >= 4 is 24.0 Å².